The van der Waals surface area contributed by atoms with Crippen LogP contribution in [-0.2, 0) is 19.2 Å². The lowest BCUT2D eigenvalue weighted by Crippen LogP contribution is -3.00. The van der Waals surface area contributed by atoms with Gasteiger partial charge in [0, 0.05) is 6.92 Å². The highest BCUT2D eigenvalue weighted by Gasteiger charge is 2.28. The Balaban J connectivity index is 0. The number of nitrogens with two attached hydrogens (primary N) is 2. The van der Waals surface area contributed by atoms with E-state index in [1.165, 1.54) is 6.92 Å². The van der Waals surface area contributed by atoms with E-state index in [0.717, 1.165) is 0 Å². The van der Waals surface area contributed by atoms with Crippen molar-refractivity contribution in [2.75, 3.05) is 6.54 Å². The first kappa shape index (κ1) is 30.8. The fourth-order valence-corrected chi connectivity index (χ4v) is 2.94. The Morgan fingerprint density at radius 3 is 1.81 bits per heavy atom. The molecule has 0 spiro atoms. The van der Waals surface area contributed by atoms with Gasteiger partial charge in [-0.3, -0.25) is 30.8 Å². The average molecular weight is 464 g/mol. The summed E-state index contributed by atoms with van der Waals surface area (Å²) in [5.41, 5.74) is 10.6. The van der Waals surface area contributed by atoms with Gasteiger partial charge in [-0.25, -0.2) is 0 Å². The van der Waals surface area contributed by atoms with Crippen molar-refractivity contribution in [1.29, 1.82) is 0 Å². The van der Waals surface area contributed by atoms with Crippen LogP contribution in [0.1, 0.15) is 60.3 Å². The van der Waals surface area contributed by atoms with Crippen LogP contribution < -0.4 is 44.8 Å². The molecule has 0 aromatic rings. The molecule has 8 N–H and O–H groups in total. The number of rotatable bonds is 14. The van der Waals surface area contributed by atoms with Crippen molar-refractivity contribution >= 4 is 30.0 Å². The summed E-state index contributed by atoms with van der Waals surface area (Å²) >= 11 is 0. The molecule has 31 heavy (non-hydrogen) atoms. The van der Waals surface area contributed by atoms with Crippen molar-refractivity contribution in [3.63, 3.8) is 0 Å². The predicted molar refractivity (Wildman–Crippen MR) is 115 cm³/mol. The van der Waals surface area contributed by atoms with E-state index in [9.17, 15) is 19.2 Å². The van der Waals surface area contributed by atoms with E-state index in [1.54, 1.807) is 0 Å². The first-order valence-corrected chi connectivity index (χ1v) is 10.4. The third-order valence-electron chi connectivity index (χ3n) is 4.25. The monoisotopic (exact) mass is 463 g/mol. The molecule has 0 rings (SSSR count). The number of halogens is 1. The molecule has 0 aliphatic carbocycles. The molecule has 0 aliphatic heterocycles. The minimum absolute atomic E-state index is 0. The highest BCUT2D eigenvalue weighted by molar-refractivity contribution is 5.92. The standard InChI is InChI=1S/C20H38N6O4.ClH/c1-12(2)9-16(24-14(5)28)19(30)26-17(10-13(3)4)18(29)25-15(11-27)7-6-8-23-20(21)22;/h11-13,15-17H,6-10H2,1-5H3,(H,24,28)(H,25,29)(H,26,30)(H4,21,22,23);1H/t15-,16-,17-;/m0./s1/i11+1;. The zero-order valence-corrected chi connectivity index (χ0v) is 19.9. The number of carbonyl (C=O) groups excluding carboxylic acids is 4. The maximum atomic E-state index is 12.8. The number of hydrogen-bond donors (Lipinski definition) is 6. The van der Waals surface area contributed by atoms with Gasteiger partial charge in [0.15, 0.2) is 0 Å². The minimum atomic E-state index is -0.811. The van der Waals surface area contributed by atoms with E-state index in [2.05, 4.69) is 20.9 Å². The Labute approximate surface area is 191 Å². The molecule has 3 atom stereocenters. The Morgan fingerprint density at radius 1 is 0.903 bits per heavy atom. The van der Waals surface area contributed by atoms with Gasteiger partial charge in [0.1, 0.15) is 18.4 Å². The molecule has 0 saturated heterocycles. The Hall–Kier alpha value is -2.36. The van der Waals surface area contributed by atoms with Gasteiger partial charge in [-0.2, -0.15) is 0 Å². The molecule has 3 amide bonds. The molecule has 0 bridgehead atoms. The van der Waals surface area contributed by atoms with Gasteiger partial charge in [0.25, 0.3) is 0 Å². The number of hydrogen-bond acceptors (Lipinski definition) is 4. The van der Waals surface area contributed by atoms with E-state index >= 15 is 0 Å². The fourth-order valence-electron chi connectivity index (χ4n) is 2.94. The Kier molecular flexibility index (Phi) is 16.3. The van der Waals surface area contributed by atoms with Crippen LogP contribution in [0.4, 0.5) is 0 Å². The van der Waals surface area contributed by atoms with Crippen molar-refractivity contribution in [3.8, 4) is 0 Å². The fraction of sp³-hybridized carbons (Fsp3) is 0.750. The van der Waals surface area contributed by atoms with Gasteiger partial charge in [-0.15, -0.1) is 0 Å². The summed E-state index contributed by atoms with van der Waals surface area (Å²) in [6, 6.07) is -2.22. The lowest BCUT2D eigenvalue weighted by atomic mass is 10.00. The van der Waals surface area contributed by atoms with E-state index in [1.807, 2.05) is 27.7 Å². The molecule has 180 valence electrons. The van der Waals surface area contributed by atoms with Crippen LogP contribution in [0.15, 0.2) is 0 Å². The summed E-state index contributed by atoms with van der Waals surface area (Å²) in [7, 11) is 0. The molecule has 0 radical (unpaired) electrons. The van der Waals surface area contributed by atoms with Crippen LogP contribution in [0.25, 0.3) is 0 Å². The third kappa shape index (κ3) is 15.1. The number of amides is 3. The first-order valence-electron chi connectivity index (χ1n) is 10.4. The highest BCUT2D eigenvalue weighted by Crippen LogP contribution is 2.09. The van der Waals surface area contributed by atoms with Crippen LogP contribution in [0.2, 0.25) is 0 Å². The third-order valence-corrected chi connectivity index (χ3v) is 4.25. The van der Waals surface area contributed by atoms with E-state index in [-0.39, 0.29) is 36.1 Å². The van der Waals surface area contributed by atoms with E-state index in [0.29, 0.717) is 38.5 Å². The Bertz CT molecular complexity index is 608. The number of aldehydes is 1. The minimum Gasteiger partial charge on any atom is -1.00 e. The first-order chi connectivity index (χ1) is 14.0. The quantitative estimate of drug-likeness (QED) is 0.0494. The summed E-state index contributed by atoms with van der Waals surface area (Å²) < 4.78 is 0. The average Bonchev–Trinajstić information content (AvgIpc) is 2.61. The number of carbonyl (C=O) groups is 4. The topological polar surface area (TPSA) is 170 Å². The van der Waals surface area contributed by atoms with E-state index < -0.39 is 29.9 Å². The van der Waals surface area contributed by atoms with Crippen molar-refractivity contribution < 1.29 is 36.6 Å². The molecule has 0 aromatic heterocycles. The van der Waals surface area contributed by atoms with Gasteiger partial charge >= 0.3 is 5.96 Å². The maximum Gasteiger partial charge on any atom is 0.338 e. The Morgan fingerprint density at radius 2 is 1.39 bits per heavy atom. The second-order valence-corrected chi connectivity index (χ2v) is 8.35. The molecule has 0 unspecified atom stereocenters. The van der Waals surface area contributed by atoms with Crippen LogP contribution in [0.5, 0.6) is 0 Å². The van der Waals surface area contributed by atoms with Gasteiger partial charge in [0.05, 0.1) is 12.6 Å². The van der Waals surface area contributed by atoms with Crippen LogP contribution in [-0.4, -0.2) is 54.6 Å². The molecule has 11 heteroatoms. The summed E-state index contributed by atoms with van der Waals surface area (Å²) in [4.78, 5) is 51.1. The number of guanidine groups is 1. The van der Waals surface area contributed by atoms with Crippen molar-refractivity contribution in [3.05, 3.63) is 0 Å². The smallest absolute Gasteiger partial charge is 0.338 e. The van der Waals surface area contributed by atoms with Gasteiger partial charge in [-0.05, 0) is 37.5 Å². The summed E-state index contributed by atoms with van der Waals surface area (Å²) in [5, 5.41) is 8.06. The van der Waals surface area contributed by atoms with Gasteiger partial charge in [0.2, 0.25) is 17.7 Å². The predicted octanol–water partition coefficient (Wildman–Crippen LogP) is -5.11. The molecular formula is C20H39ClN6O4. The second kappa shape index (κ2) is 16.3. The SMILES string of the molecule is CC(=O)N[C@@H](CC(C)C)C(=O)N[C@@H](CC(C)C)C(=O)N[C@@H](CCC[NH+]=C(N)N)[13CH]=O.[Cl-]. The van der Waals surface area contributed by atoms with E-state index in [4.69, 9.17) is 11.5 Å². The second-order valence-electron chi connectivity index (χ2n) is 8.35. The summed E-state index contributed by atoms with van der Waals surface area (Å²) in [6.45, 7) is 9.58. The molecule has 0 saturated carbocycles. The van der Waals surface area contributed by atoms with Gasteiger partial charge < -0.3 is 33.2 Å². The lowest BCUT2D eigenvalue weighted by Gasteiger charge is -2.25. The lowest BCUT2D eigenvalue weighted by molar-refractivity contribution is -0.459. The van der Waals surface area contributed by atoms with Crippen LogP contribution in [0, 0.1) is 11.8 Å². The van der Waals surface area contributed by atoms with Crippen molar-refractivity contribution in [2.24, 2.45) is 23.3 Å². The maximum absolute atomic E-state index is 12.8. The normalized spacial score (nSPS) is 13.4. The molecular weight excluding hydrogens is 425 g/mol. The zero-order chi connectivity index (χ0) is 23.3. The molecule has 10 nitrogen and oxygen atoms in total. The van der Waals surface area contributed by atoms with Gasteiger partial charge in [-0.1, -0.05) is 27.7 Å². The largest absolute Gasteiger partial charge is 1.00 e. The molecule has 0 fully saturated rings. The van der Waals surface area contributed by atoms with Crippen LogP contribution >= 0.6 is 0 Å². The zero-order valence-electron chi connectivity index (χ0n) is 19.2. The van der Waals surface area contributed by atoms with Crippen molar-refractivity contribution in [1.82, 2.24) is 16.0 Å². The van der Waals surface area contributed by atoms with Crippen molar-refractivity contribution in [2.45, 2.75) is 78.4 Å². The summed E-state index contributed by atoms with van der Waals surface area (Å²) in [6.07, 6.45) is 2.49. The molecule has 0 heterocycles. The van der Waals surface area contributed by atoms with Crippen LogP contribution in [0.3, 0.4) is 0 Å². The molecule has 0 aromatic carbocycles. The number of nitrogens with one attached hydrogen (secondary N) is 4. The summed E-state index contributed by atoms with van der Waals surface area (Å²) in [5.74, 6) is -0.758. The molecule has 0 aliphatic rings. The highest BCUT2D eigenvalue weighted by atomic mass is 35.5.